The van der Waals surface area contributed by atoms with Crippen LogP contribution in [0.3, 0.4) is 0 Å². The first-order valence-electron chi connectivity index (χ1n) is 3.59. The number of benzene rings is 1. The average molecular weight is 158 g/mol. The van der Waals surface area contributed by atoms with E-state index < -0.39 is 12.0 Å². The van der Waals surface area contributed by atoms with E-state index in [9.17, 15) is 5.11 Å². The van der Waals surface area contributed by atoms with Crippen LogP contribution in [-0.4, -0.2) is 11.0 Å². The Kier molecular flexibility index (Phi) is 2.23. The third-order valence-corrected chi connectivity index (χ3v) is 1.50. The van der Waals surface area contributed by atoms with E-state index in [2.05, 4.69) is 0 Å². The standard InChI is InChI=1S/C8H9ClO/c9-6-8(10)7-4-2-1-3-5-7/h1-5,8,10H,6H2/t8-/m1/s1/i6D/t6-,8+/m0. The zero-order valence-electron chi connectivity index (χ0n) is 6.37. The van der Waals surface area contributed by atoms with E-state index in [0.717, 1.165) is 0 Å². The van der Waals surface area contributed by atoms with Crippen LogP contribution in [0.25, 0.3) is 0 Å². The molecule has 0 radical (unpaired) electrons. The molecule has 2 atom stereocenters. The second-order valence-corrected chi connectivity index (χ2v) is 2.23. The van der Waals surface area contributed by atoms with Gasteiger partial charge in [0, 0.05) is 1.37 Å². The lowest BCUT2D eigenvalue weighted by Gasteiger charge is -2.04. The van der Waals surface area contributed by atoms with Crippen LogP contribution in [0.2, 0.25) is 0 Å². The monoisotopic (exact) mass is 157 g/mol. The number of alkyl halides is 1. The van der Waals surface area contributed by atoms with Crippen molar-refractivity contribution in [1.29, 1.82) is 0 Å². The predicted molar refractivity (Wildman–Crippen MR) is 42.1 cm³/mol. The quantitative estimate of drug-likeness (QED) is 0.651. The highest BCUT2D eigenvalue weighted by atomic mass is 35.5. The molecular weight excluding hydrogens is 148 g/mol. The molecule has 0 heterocycles. The Labute approximate surface area is 66.7 Å². The van der Waals surface area contributed by atoms with Crippen molar-refractivity contribution in [2.24, 2.45) is 0 Å². The summed E-state index contributed by atoms with van der Waals surface area (Å²) < 4.78 is 7.04. The second kappa shape index (κ2) is 3.59. The zero-order chi connectivity index (χ0) is 8.27. The van der Waals surface area contributed by atoms with E-state index in [1.165, 1.54) is 0 Å². The van der Waals surface area contributed by atoms with Gasteiger partial charge < -0.3 is 5.11 Å². The molecule has 1 rings (SSSR count). The molecular formula is C8H9ClO. The van der Waals surface area contributed by atoms with E-state index in [1.54, 1.807) is 24.3 Å². The minimum atomic E-state index is -0.989. The number of aliphatic hydroxyl groups excluding tert-OH is 1. The van der Waals surface area contributed by atoms with Gasteiger partial charge in [-0.3, -0.25) is 0 Å². The van der Waals surface area contributed by atoms with E-state index in [0.29, 0.717) is 5.56 Å². The SMILES string of the molecule is [2H][C@H](Cl)[C@@H](O)c1ccccc1. The van der Waals surface area contributed by atoms with Crippen LogP contribution >= 0.6 is 11.6 Å². The third kappa shape index (κ3) is 1.72. The number of hydrogen-bond donors (Lipinski definition) is 1. The van der Waals surface area contributed by atoms with Crippen LogP contribution < -0.4 is 0 Å². The molecule has 0 amide bonds. The normalized spacial score (nSPS) is 17.6. The molecule has 10 heavy (non-hydrogen) atoms. The summed E-state index contributed by atoms with van der Waals surface area (Å²) in [5.41, 5.74) is 0.683. The van der Waals surface area contributed by atoms with Crippen LogP contribution in [0.5, 0.6) is 0 Å². The Balaban J connectivity index is 2.77. The van der Waals surface area contributed by atoms with Gasteiger partial charge in [0.25, 0.3) is 0 Å². The van der Waals surface area contributed by atoms with Crippen LogP contribution in [0.4, 0.5) is 0 Å². The smallest absolute Gasteiger partial charge is 0.0925 e. The summed E-state index contributed by atoms with van der Waals surface area (Å²) in [6, 6.07) is 8.95. The van der Waals surface area contributed by atoms with Crippen molar-refractivity contribution in [1.82, 2.24) is 0 Å². The molecule has 0 bridgehead atoms. The number of halogens is 1. The minimum Gasteiger partial charge on any atom is -0.387 e. The van der Waals surface area contributed by atoms with Gasteiger partial charge in [-0.05, 0) is 5.56 Å². The Morgan fingerprint density at radius 2 is 2.10 bits per heavy atom. The van der Waals surface area contributed by atoms with Crippen molar-refractivity contribution in [2.45, 2.75) is 6.10 Å². The average Bonchev–Trinajstić information content (AvgIpc) is 2.05. The fourth-order valence-electron chi connectivity index (χ4n) is 0.723. The highest BCUT2D eigenvalue weighted by Crippen LogP contribution is 2.12. The third-order valence-electron chi connectivity index (χ3n) is 1.26. The molecule has 0 spiro atoms. The lowest BCUT2D eigenvalue weighted by Crippen LogP contribution is -1.96. The summed E-state index contributed by atoms with van der Waals surface area (Å²) in [6.07, 6.45) is -0.891. The van der Waals surface area contributed by atoms with E-state index >= 15 is 0 Å². The van der Waals surface area contributed by atoms with Crippen molar-refractivity contribution in [3.63, 3.8) is 0 Å². The Hall–Kier alpha value is -0.530. The van der Waals surface area contributed by atoms with Crippen molar-refractivity contribution >= 4 is 11.6 Å². The summed E-state index contributed by atoms with van der Waals surface area (Å²) in [7, 11) is 0. The van der Waals surface area contributed by atoms with Gasteiger partial charge in [-0.15, -0.1) is 11.6 Å². The molecule has 0 saturated heterocycles. The first-order valence-corrected chi connectivity index (χ1v) is 3.45. The number of hydrogen-bond acceptors (Lipinski definition) is 1. The first-order chi connectivity index (χ1) is 5.22. The van der Waals surface area contributed by atoms with Gasteiger partial charge >= 0.3 is 0 Å². The van der Waals surface area contributed by atoms with Crippen molar-refractivity contribution in [3.8, 4) is 0 Å². The lowest BCUT2D eigenvalue weighted by molar-refractivity contribution is 0.202. The van der Waals surface area contributed by atoms with Gasteiger partial charge in [0.1, 0.15) is 0 Å². The predicted octanol–water partition coefficient (Wildman–Crippen LogP) is 1.96. The molecule has 1 N–H and O–H groups in total. The molecule has 1 aromatic rings. The Bertz CT molecular complexity index is 213. The lowest BCUT2D eigenvalue weighted by atomic mass is 10.1. The zero-order valence-corrected chi connectivity index (χ0v) is 6.12. The summed E-state index contributed by atoms with van der Waals surface area (Å²) in [5, 5.41) is 9.28. The summed E-state index contributed by atoms with van der Waals surface area (Å²) in [5.74, 6) is -0.989. The van der Waals surface area contributed by atoms with Crippen LogP contribution in [0.1, 0.15) is 13.0 Å². The van der Waals surface area contributed by atoms with Crippen molar-refractivity contribution in [3.05, 3.63) is 35.9 Å². The molecule has 0 aliphatic heterocycles. The topological polar surface area (TPSA) is 20.2 Å². The summed E-state index contributed by atoms with van der Waals surface area (Å²) in [6.45, 7) is 0. The van der Waals surface area contributed by atoms with Crippen LogP contribution in [0, 0.1) is 0 Å². The number of aliphatic hydroxyl groups is 1. The van der Waals surface area contributed by atoms with Gasteiger partial charge in [0.05, 0.1) is 12.0 Å². The molecule has 0 aromatic heterocycles. The van der Waals surface area contributed by atoms with Gasteiger partial charge in [0.15, 0.2) is 0 Å². The molecule has 2 heteroatoms. The van der Waals surface area contributed by atoms with Crippen LogP contribution in [0.15, 0.2) is 30.3 Å². The molecule has 0 saturated carbocycles. The maximum atomic E-state index is 9.28. The van der Waals surface area contributed by atoms with E-state index in [-0.39, 0.29) is 0 Å². The van der Waals surface area contributed by atoms with Crippen LogP contribution in [-0.2, 0) is 0 Å². The molecule has 54 valence electrons. The Morgan fingerprint density at radius 3 is 2.60 bits per heavy atom. The fourth-order valence-corrected chi connectivity index (χ4v) is 0.868. The molecule has 0 aliphatic carbocycles. The molecule has 0 unspecified atom stereocenters. The van der Waals surface area contributed by atoms with Gasteiger partial charge in [-0.2, -0.15) is 0 Å². The minimum absolute atomic E-state index is 0.683. The maximum Gasteiger partial charge on any atom is 0.0925 e. The van der Waals surface area contributed by atoms with Gasteiger partial charge in [0.2, 0.25) is 0 Å². The second-order valence-electron chi connectivity index (χ2n) is 1.98. The summed E-state index contributed by atoms with van der Waals surface area (Å²) in [4.78, 5) is 0. The largest absolute Gasteiger partial charge is 0.387 e. The van der Waals surface area contributed by atoms with Crippen molar-refractivity contribution in [2.75, 3.05) is 5.86 Å². The van der Waals surface area contributed by atoms with E-state index in [4.69, 9.17) is 13.0 Å². The highest BCUT2D eigenvalue weighted by Gasteiger charge is 2.02. The van der Waals surface area contributed by atoms with Gasteiger partial charge in [-0.25, -0.2) is 0 Å². The molecule has 1 nitrogen and oxygen atoms in total. The van der Waals surface area contributed by atoms with E-state index in [1.807, 2.05) is 6.07 Å². The Morgan fingerprint density at radius 1 is 1.50 bits per heavy atom. The molecule has 0 fully saturated rings. The van der Waals surface area contributed by atoms with Crippen molar-refractivity contribution < 1.29 is 6.48 Å². The number of rotatable bonds is 2. The molecule has 1 aromatic carbocycles. The first kappa shape index (κ1) is 6.20. The fraction of sp³-hybridized carbons (Fsp3) is 0.250. The maximum absolute atomic E-state index is 9.28. The molecule has 0 aliphatic rings. The van der Waals surface area contributed by atoms with Gasteiger partial charge in [-0.1, -0.05) is 30.3 Å². The summed E-state index contributed by atoms with van der Waals surface area (Å²) >= 11 is 5.38. The highest BCUT2D eigenvalue weighted by molar-refractivity contribution is 6.18.